The molecule has 0 saturated carbocycles. The van der Waals surface area contributed by atoms with E-state index >= 15 is 0 Å². The second kappa shape index (κ2) is 3.31. The molecule has 1 heterocycles. The van der Waals surface area contributed by atoms with Crippen LogP contribution in [0.3, 0.4) is 0 Å². The zero-order valence-electron chi connectivity index (χ0n) is 8.40. The van der Waals surface area contributed by atoms with Gasteiger partial charge >= 0.3 is 0 Å². The van der Waals surface area contributed by atoms with Crippen molar-refractivity contribution in [3.63, 3.8) is 0 Å². The largest absolute Gasteiger partial charge is 0.376 e. The number of ether oxygens (including phenoxy) is 1. The van der Waals surface area contributed by atoms with Crippen LogP contribution in [0.2, 0.25) is 0 Å². The van der Waals surface area contributed by atoms with Crippen LogP contribution in [0.4, 0.5) is 0 Å². The van der Waals surface area contributed by atoms with Crippen molar-refractivity contribution in [1.82, 2.24) is 0 Å². The topological polar surface area (TPSA) is 26.3 Å². The lowest BCUT2D eigenvalue weighted by Crippen LogP contribution is -2.01. The summed E-state index contributed by atoms with van der Waals surface area (Å²) in [7, 11) is 0. The molecule has 2 aliphatic rings. The van der Waals surface area contributed by atoms with Crippen LogP contribution in [-0.4, -0.2) is 19.0 Å². The van der Waals surface area contributed by atoms with Crippen molar-refractivity contribution in [3.05, 3.63) is 41.5 Å². The Morgan fingerprint density at radius 3 is 2.80 bits per heavy atom. The minimum Gasteiger partial charge on any atom is -0.376 e. The van der Waals surface area contributed by atoms with Crippen LogP contribution in [0.25, 0.3) is 5.57 Å². The van der Waals surface area contributed by atoms with Gasteiger partial charge in [0.2, 0.25) is 0 Å². The molecule has 1 aliphatic heterocycles. The van der Waals surface area contributed by atoms with E-state index in [0.29, 0.717) is 18.9 Å². The SMILES string of the molecule is O=C1C[C@H]2COCC2=C1c1ccccc1. The molecule has 1 aromatic carbocycles. The normalized spacial score (nSPS) is 24.8. The zero-order chi connectivity index (χ0) is 10.3. The average Bonchev–Trinajstić information content (AvgIpc) is 2.78. The van der Waals surface area contributed by atoms with E-state index in [1.54, 1.807) is 0 Å². The van der Waals surface area contributed by atoms with Crippen LogP contribution in [0, 0.1) is 5.92 Å². The van der Waals surface area contributed by atoms with E-state index in [9.17, 15) is 4.79 Å². The highest BCUT2D eigenvalue weighted by molar-refractivity contribution is 6.24. The van der Waals surface area contributed by atoms with Crippen LogP contribution in [0.1, 0.15) is 12.0 Å². The number of benzene rings is 1. The van der Waals surface area contributed by atoms with Gasteiger partial charge in [0, 0.05) is 17.9 Å². The third kappa shape index (κ3) is 1.33. The van der Waals surface area contributed by atoms with E-state index in [4.69, 9.17) is 4.74 Å². The van der Waals surface area contributed by atoms with Crippen molar-refractivity contribution < 1.29 is 9.53 Å². The molecule has 0 radical (unpaired) electrons. The maximum absolute atomic E-state index is 11.9. The van der Waals surface area contributed by atoms with Crippen LogP contribution >= 0.6 is 0 Å². The van der Waals surface area contributed by atoms with E-state index in [1.807, 2.05) is 30.3 Å². The minimum atomic E-state index is 0.282. The van der Waals surface area contributed by atoms with E-state index < -0.39 is 0 Å². The van der Waals surface area contributed by atoms with Crippen molar-refractivity contribution in [2.24, 2.45) is 5.92 Å². The number of allylic oxidation sites excluding steroid dienone is 1. The monoisotopic (exact) mass is 200 g/mol. The van der Waals surface area contributed by atoms with Gasteiger partial charge in [0.05, 0.1) is 13.2 Å². The number of Topliss-reactive ketones (excluding diaryl/α,β-unsaturated/α-hetero) is 1. The maximum Gasteiger partial charge on any atom is 0.164 e. The fraction of sp³-hybridized carbons (Fsp3) is 0.308. The quantitative estimate of drug-likeness (QED) is 0.693. The first kappa shape index (κ1) is 8.86. The first-order valence-electron chi connectivity index (χ1n) is 5.25. The Balaban J connectivity index is 2.11. The van der Waals surface area contributed by atoms with E-state index in [1.165, 1.54) is 5.57 Å². The number of rotatable bonds is 1. The van der Waals surface area contributed by atoms with Crippen LogP contribution in [0.15, 0.2) is 35.9 Å². The lowest BCUT2D eigenvalue weighted by atomic mass is 10.0. The summed E-state index contributed by atoms with van der Waals surface area (Å²) in [4.78, 5) is 11.9. The second-order valence-electron chi connectivity index (χ2n) is 4.11. The fourth-order valence-electron chi connectivity index (χ4n) is 2.44. The molecule has 1 aromatic rings. The molecule has 1 atom stereocenters. The average molecular weight is 200 g/mol. The third-order valence-electron chi connectivity index (χ3n) is 3.16. The molecule has 0 N–H and O–H groups in total. The summed E-state index contributed by atoms with van der Waals surface area (Å²) in [6, 6.07) is 9.91. The van der Waals surface area contributed by atoms with Gasteiger partial charge in [-0.1, -0.05) is 30.3 Å². The first-order valence-corrected chi connectivity index (χ1v) is 5.25. The smallest absolute Gasteiger partial charge is 0.164 e. The van der Waals surface area contributed by atoms with Crippen LogP contribution in [-0.2, 0) is 9.53 Å². The predicted molar refractivity (Wildman–Crippen MR) is 57.3 cm³/mol. The molecule has 1 saturated heterocycles. The van der Waals surface area contributed by atoms with Crippen molar-refractivity contribution in [2.75, 3.05) is 13.2 Å². The Bertz CT molecular complexity index is 431. The van der Waals surface area contributed by atoms with Gasteiger partial charge in [-0.05, 0) is 11.1 Å². The number of carbonyl (C=O) groups is 1. The molecule has 0 aromatic heterocycles. The van der Waals surface area contributed by atoms with Crippen molar-refractivity contribution >= 4 is 11.4 Å². The molecule has 3 rings (SSSR count). The van der Waals surface area contributed by atoms with Gasteiger partial charge in [-0.3, -0.25) is 4.79 Å². The van der Waals surface area contributed by atoms with Gasteiger partial charge < -0.3 is 4.74 Å². The summed E-state index contributed by atoms with van der Waals surface area (Å²) in [6.45, 7) is 1.36. The lowest BCUT2D eigenvalue weighted by molar-refractivity contribution is -0.113. The van der Waals surface area contributed by atoms with Crippen LogP contribution in [0.5, 0.6) is 0 Å². The number of fused-ring (bicyclic) bond motifs is 1. The standard InChI is InChI=1S/C13H12O2/c14-12-6-10-7-15-8-11(10)13(12)9-4-2-1-3-5-9/h1-5,10H,6-8H2/t10-/m0/s1. The Morgan fingerprint density at radius 1 is 1.20 bits per heavy atom. The third-order valence-corrected chi connectivity index (χ3v) is 3.16. The first-order chi connectivity index (χ1) is 7.36. The summed E-state index contributed by atoms with van der Waals surface area (Å²) >= 11 is 0. The summed E-state index contributed by atoms with van der Waals surface area (Å²) < 4.78 is 5.40. The lowest BCUT2D eigenvalue weighted by Gasteiger charge is -2.03. The molecule has 2 heteroatoms. The number of hydrogen-bond acceptors (Lipinski definition) is 2. The highest BCUT2D eigenvalue weighted by atomic mass is 16.5. The Hall–Kier alpha value is -1.41. The molecule has 15 heavy (non-hydrogen) atoms. The maximum atomic E-state index is 11.9. The van der Waals surface area contributed by atoms with Gasteiger partial charge in [-0.2, -0.15) is 0 Å². The van der Waals surface area contributed by atoms with Gasteiger partial charge in [0.15, 0.2) is 5.78 Å². The Labute approximate surface area is 88.6 Å². The van der Waals surface area contributed by atoms with Crippen LogP contribution < -0.4 is 0 Å². The van der Waals surface area contributed by atoms with Gasteiger partial charge in [-0.25, -0.2) is 0 Å². The van der Waals surface area contributed by atoms with Crippen molar-refractivity contribution in [2.45, 2.75) is 6.42 Å². The number of ketones is 1. The molecule has 0 unspecified atom stereocenters. The van der Waals surface area contributed by atoms with Gasteiger partial charge in [0.25, 0.3) is 0 Å². The van der Waals surface area contributed by atoms with Gasteiger partial charge in [-0.15, -0.1) is 0 Å². The summed E-state index contributed by atoms with van der Waals surface area (Å²) in [5.41, 5.74) is 3.18. The molecular formula is C13H12O2. The fourth-order valence-corrected chi connectivity index (χ4v) is 2.44. The summed E-state index contributed by atoms with van der Waals surface area (Å²) in [5.74, 6) is 0.636. The Morgan fingerprint density at radius 2 is 2.00 bits per heavy atom. The molecule has 1 fully saturated rings. The molecule has 0 bridgehead atoms. The highest BCUT2D eigenvalue weighted by Gasteiger charge is 2.36. The van der Waals surface area contributed by atoms with Gasteiger partial charge in [0.1, 0.15) is 0 Å². The molecule has 76 valence electrons. The Kier molecular flexibility index (Phi) is 1.96. The van der Waals surface area contributed by atoms with E-state index in [0.717, 1.165) is 17.7 Å². The highest BCUT2D eigenvalue weighted by Crippen LogP contribution is 2.38. The molecule has 0 amide bonds. The minimum absolute atomic E-state index is 0.282. The number of carbonyl (C=O) groups excluding carboxylic acids is 1. The van der Waals surface area contributed by atoms with E-state index in [2.05, 4.69) is 0 Å². The molecule has 1 aliphatic carbocycles. The number of hydrogen-bond donors (Lipinski definition) is 0. The van der Waals surface area contributed by atoms with Crippen molar-refractivity contribution in [3.8, 4) is 0 Å². The second-order valence-corrected chi connectivity index (χ2v) is 4.11. The summed E-state index contributed by atoms with van der Waals surface area (Å²) in [6.07, 6.45) is 0.638. The zero-order valence-corrected chi connectivity index (χ0v) is 8.40. The summed E-state index contributed by atoms with van der Waals surface area (Å²) in [5, 5.41) is 0. The predicted octanol–water partition coefficient (Wildman–Crippen LogP) is 2.06. The van der Waals surface area contributed by atoms with E-state index in [-0.39, 0.29) is 5.78 Å². The molecule has 2 nitrogen and oxygen atoms in total. The van der Waals surface area contributed by atoms with Crippen molar-refractivity contribution in [1.29, 1.82) is 0 Å². The molecular weight excluding hydrogens is 188 g/mol. The molecule has 0 spiro atoms.